The third kappa shape index (κ3) is 5.23. The molecule has 0 bridgehead atoms. The first-order chi connectivity index (χ1) is 17.4. The van der Waals surface area contributed by atoms with E-state index in [-0.39, 0.29) is 17.7 Å². The number of aromatic nitrogens is 2. The van der Waals surface area contributed by atoms with Gasteiger partial charge in [-0.15, -0.1) is 0 Å². The number of rotatable bonds is 6. The number of fused-ring (bicyclic) bond motifs is 1. The summed E-state index contributed by atoms with van der Waals surface area (Å²) in [6.07, 6.45) is 1.73. The van der Waals surface area contributed by atoms with E-state index in [0.717, 1.165) is 75.0 Å². The molecular formula is C27H37ClN6O2. The maximum atomic E-state index is 13.9. The molecule has 3 atom stereocenters. The first kappa shape index (κ1) is 25.4. The van der Waals surface area contributed by atoms with Crippen LogP contribution in [0.1, 0.15) is 55.0 Å². The highest BCUT2D eigenvalue weighted by atomic mass is 35.5. The number of benzene rings is 1. The van der Waals surface area contributed by atoms with Crippen molar-refractivity contribution in [3.63, 3.8) is 0 Å². The minimum atomic E-state index is -0.515. The summed E-state index contributed by atoms with van der Waals surface area (Å²) in [6.45, 7) is 13.0. The first-order valence-corrected chi connectivity index (χ1v) is 13.6. The average molecular weight is 513 g/mol. The van der Waals surface area contributed by atoms with Crippen LogP contribution in [0.2, 0.25) is 5.02 Å². The number of hydrogen-bond acceptors (Lipinski definition) is 7. The summed E-state index contributed by atoms with van der Waals surface area (Å²) in [5.74, 6) is 1.12. The van der Waals surface area contributed by atoms with Crippen LogP contribution in [0.25, 0.3) is 0 Å². The van der Waals surface area contributed by atoms with Gasteiger partial charge in [-0.2, -0.15) is 0 Å². The molecule has 1 aromatic carbocycles. The van der Waals surface area contributed by atoms with Crippen LogP contribution in [-0.4, -0.2) is 101 Å². The molecule has 1 amide bonds. The van der Waals surface area contributed by atoms with Crippen molar-refractivity contribution in [2.45, 2.75) is 38.2 Å². The Kier molecular flexibility index (Phi) is 7.76. The Morgan fingerprint density at radius 1 is 1.03 bits per heavy atom. The number of amides is 1. The van der Waals surface area contributed by atoms with Crippen LogP contribution in [0.5, 0.6) is 0 Å². The number of hydrogen-bond donors (Lipinski definition) is 1. The lowest BCUT2D eigenvalue weighted by molar-refractivity contribution is -0.133. The quantitative estimate of drug-likeness (QED) is 0.637. The van der Waals surface area contributed by atoms with Crippen LogP contribution in [0.15, 0.2) is 30.6 Å². The Labute approximate surface area is 218 Å². The van der Waals surface area contributed by atoms with Gasteiger partial charge in [0.05, 0.1) is 17.7 Å². The van der Waals surface area contributed by atoms with Crippen LogP contribution >= 0.6 is 11.6 Å². The minimum Gasteiger partial charge on any atom is -0.387 e. The predicted octanol–water partition coefficient (Wildman–Crippen LogP) is 2.74. The molecule has 2 aliphatic heterocycles. The average Bonchev–Trinajstić information content (AvgIpc) is 3.21. The van der Waals surface area contributed by atoms with E-state index in [4.69, 9.17) is 11.6 Å². The molecule has 1 aromatic heterocycles. The van der Waals surface area contributed by atoms with Crippen molar-refractivity contribution in [3.05, 3.63) is 52.4 Å². The van der Waals surface area contributed by atoms with E-state index in [1.165, 1.54) is 0 Å². The van der Waals surface area contributed by atoms with Crippen molar-refractivity contribution in [2.24, 2.45) is 0 Å². The standard InChI is InChI=1S/C27H37ClN6O2/c1-3-31-8-10-32(11-9-31)17-22(20-4-6-21(28)7-5-20)27(36)34-14-12-33(13-15-34)26-24-19(2)16-23(35)25(24)29-18-30-26/h4-7,18-19,22-23,35H,3,8-17H2,1-2H3/t19-,22+,23-/m1/s1. The van der Waals surface area contributed by atoms with E-state index in [1.54, 1.807) is 6.33 Å². The summed E-state index contributed by atoms with van der Waals surface area (Å²) in [7, 11) is 0. The lowest BCUT2D eigenvalue weighted by atomic mass is 9.96. The summed E-state index contributed by atoms with van der Waals surface area (Å²) in [4.78, 5) is 32.0. The largest absolute Gasteiger partial charge is 0.387 e. The molecule has 2 fully saturated rings. The summed E-state index contributed by atoms with van der Waals surface area (Å²) in [5.41, 5.74) is 2.85. The molecule has 1 N–H and O–H groups in total. The van der Waals surface area contributed by atoms with Gasteiger partial charge in [0, 0.05) is 69.5 Å². The van der Waals surface area contributed by atoms with Gasteiger partial charge in [-0.25, -0.2) is 9.97 Å². The smallest absolute Gasteiger partial charge is 0.231 e. The number of anilines is 1. The third-order valence-corrected chi connectivity index (χ3v) is 8.35. The fraction of sp³-hybridized carbons (Fsp3) is 0.593. The van der Waals surface area contributed by atoms with Crippen LogP contribution < -0.4 is 4.90 Å². The fourth-order valence-electron chi connectivity index (χ4n) is 5.88. The van der Waals surface area contributed by atoms with E-state index in [1.807, 2.05) is 29.2 Å². The maximum Gasteiger partial charge on any atom is 0.231 e. The second-order valence-electron chi connectivity index (χ2n) is 10.3. The lowest BCUT2D eigenvalue weighted by Crippen LogP contribution is -2.53. The Bertz CT molecular complexity index is 1050. The second kappa shape index (κ2) is 11.0. The zero-order valence-corrected chi connectivity index (χ0v) is 22.1. The van der Waals surface area contributed by atoms with Crippen LogP contribution in [0, 0.1) is 0 Å². The Morgan fingerprint density at radius 2 is 1.69 bits per heavy atom. The van der Waals surface area contributed by atoms with E-state index in [9.17, 15) is 9.90 Å². The normalized spacial score (nSPS) is 24.1. The molecule has 8 nitrogen and oxygen atoms in total. The van der Waals surface area contributed by atoms with Crippen molar-refractivity contribution in [1.82, 2.24) is 24.7 Å². The molecule has 36 heavy (non-hydrogen) atoms. The van der Waals surface area contributed by atoms with Crippen molar-refractivity contribution in [3.8, 4) is 0 Å². The number of carbonyl (C=O) groups is 1. The topological polar surface area (TPSA) is 76.0 Å². The van der Waals surface area contributed by atoms with Gasteiger partial charge in [0.15, 0.2) is 0 Å². The van der Waals surface area contributed by atoms with E-state index in [0.29, 0.717) is 24.5 Å². The van der Waals surface area contributed by atoms with Gasteiger partial charge in [0.2, 0.25) is 5.91 Å². The molecule has 0 unspecified atom stereocenters. The minimum absolute atomic E-state index is 0.187. The maximum absolute atomic E-state index is 13.9. The number of likely N-dealkylation sites (N-methyl/N-ethyl adjacent to an activating group) is 1. The zero-order valence-electron chi connectivity index (χ0n) is 21.3. The van der Waals surface area contributed by atoms with Gasteiger partial charge in [-0.05, 0) is 36.6 Å². The monoisotopic (exact) mass is 512 g/mol. The molecule has 9 heteroatoms. The van der Waals surface area contributed by atoms with Gasteiger partial charge in [-0.1, -0.05) is 37.6 Å². The van der Waals surface area contributed by atoms with Crippen molar-refractivity contribution >= 4 is 23.3 Å². The number of aliphatic hydroxyl groups is 1. The van der Waals surface area contributed by atoms with Gasteiger partial charge in [0.25, 0.3) is 0 Å². The second-order valence-corrected chi connectivity index (χ2v) is 10.7. The molecule has 5 rings (SSSR count). The first-order valence-electron chi connectivity index (χ1n) is 13.2. The zero-order chi connectivity index (χ0) is 25.2. The Morgan fingerprint density at radius 3 is 2.36 bits per heavy atom. The number of carbonyl (C=O) groups excluding carboxylic acids is 1. The molecule has 1 aliphatic carbocycles. The summed E-state index contributed by atoms with van der Waals surface area (Å²) < 4.78 is 0. The molecule has 3 heterocycles. The van der Waals surface area contributed by atoms with Crippen LogP contribution in [-0.2, 0) is 4.79 Å². The van der Waals surface area contributed by atoms with Gasteiger partial charge >= 0.3 is 0 Å². The van der Waals surface area contributed by atoms with E-state index >= 15 is 0 Å². The fourth-order valence-corrected chi connectivity index (χ4v) is 6.01. The van der Waals surface area contributed by atoms with E-state index in [2.05, 4.69) is 38.5 Å². The number of piperazine rings is 2. The van der Waals surface area contributed by atoms with Crippen molar-refractivity contribution in [2.75, 3.05) is 70.3 Å². The highest BCUT2D eigenvalue weighted by Crippen LogP contribution is 2.42. The van der Waals surface area contributed by atoms with Crippen molar-refractivity contribution in [1.29, 1.82) is 0 Å². The molecule has 2 saturated heterocycles. The SMILES string of the molecule is CCN1CCN(C[C@H](C(=O)N2CCN(c3ncnc4c3[C@H](C)C[C@H]4O)CC2)c2ccc(Cl)cc2)CC1. The Hall–Kier alpha value is -2.26. The molecule has 0 saturated carbocycles. The van der Waals surface area contributed by atoms with Gasteiger partial charge in [-0.3, -0.25) is 9.69 Å². The molecular weight excluding hydrogens is 476 g/mol. The number of nitrogens with zero attached hydrogens (tertiary/aromatic N) is 6. The lowest BCUT2D eigenvalue weighted by Gasteiger charge is -2.40. The number of aliphatic hydroxyl groups excluding tert-OH is 1. The molecule has 3 aliphatic rings. The highest BCUT2D eigenvalue weighted by molar-refractivity contribution is 6.30. The van der Waals surface area contributed by atoms with Crippen molar-refractivity contribution < 1.29 is 9.90 Å². The number of halogens is 1. The summed E-state index contributed by atoms with van der Waals surface area (Å²) in [5, 5.41) is 11.0. The summed E-state index contributed by atoms with van der Waals surface area (Å²) in [6, 6.07) is 7.77. The summed E-state index contributed by atoms with van der Waals surface area (Å²) >= 11 is 6.16. The van der Waals surface area contributed by atoms with Crippen LogP contribution in [0.3, 0.4) is 0 Å². The van der Waals surface area contributed by atoms with E-state index < -0.39 is 6.10 Å². The third-order valence-electron chi connectivity index (χ3n) is 8.09. The highest BCUT2D eigenvalue weighted by Gasteiger charge is 2.35. The molecule has 0 spiro atoms. The van der Waals surface area contributed by atoms with Gasteiger partial charge < -0.3 is 19.8 Å². The Balaban J connectivity index is 1.28. The predicted molar refractivity (Wildman–Crippen MR) is 142 cm³/mol. The van der Waals surface area contributed by atoms with Gasteiger partial charge in [0.1, 0.15) is 12.1 Å². The molecule has 2 aromatic rings. The van der Waals surface area contributed by atoms with Crippen LogP contribution in [0.4, 0.5) is 5.82 Å². The molecule has 194 valence electrons. The molecule has 0 radical (unpaired) electrons.